The lowest BCUT2D eigenvalue weighted by Crippen LogP contribution is -2.46. The molecular weight excluding hydrogens is 262 g/mol. The van der Waals surface area contributed by atoms with Crippen LogP contribution < -0.4 is 5.32 Å². The van der Waals surface area contributed by atoms with Gasteiger partial charge in [-0.1, -0.05) is 0 Å². The summed E-state index contributed by atoms with van der Waals surface area (Å²) in [6, 6.07) is 2.15. The van der Waals surface area contributed by atoms with E-state index in [0.717, 1.165) is 32.2 Å². The summed E-state index contributed by atoms with van der Waals surface area (Å²) in [6.45, 7) is 1.67. The molecule has 1 aromatic rings. The fourth-order valence-corrected chi connectivity index (χ4v) is 5.05. The SMILES string of the molecule is Cn1ccc(S(=O)(=O)N2CCCC2C2CCCN2)c1. The van der Waals surface area contributed by atoms with E-state index >= 15 is 0 Å². The molecule has 0 bridgehead atoms. The Morgan fingerprint density at radius 1 is 1.32 bits per heavy atom. The predicted octanol–water partition coefficient (Wildman–Crippen LogP) is 0.930. The van der Waals surface area contributed by atoms with E-state index in [-0.39, 0.29) is 6.04 Å². The van der Waals surface area contributed by atoms with Crippen molar-refractivity contribution >= 4 is 10.0 Å². The normalized spacial score (nSPS) is 29.1. The number of hydrogen-bond donors (Lipinski definition) is 1. The molecule has 1 N–H and O–H groups in total. The Balaban J connectivity index is 1.87. The summed E-state index contributed by atoms with van der Waals surface area (Å²) < 4.78 is 28.9. The fourth-order valence-electron chi connectivity index (χ4n) is 3.27. The Kier molecular flexibility index (Phi) is 3.41. The van der Waals surface area contributed by atoms with Crippen molar-refractivity contribution < 1.29 is 8.42 Å². The molecule has 19 heavy (non-hydrogen) atoms. The van der Waals surface area contributed by atoms with E-state index in [1.807, 2.05) is 7.05 Å². The van der Waals surface area contributed by atoms with Gasteiger partial charge in [-0.25, -0.2) is 8.42 Å². The van der Waals surface area contributed by atoms with Gasteiger partial charge in [-0.2, -0.15) is 4.31 Å². The molecule has 0 aromatic carbocycles. The van der Waals surface area contributed by atoms with Crippen LogP contribution in [0.1, 0.15) is 25.7 Å². The molecule has 2 atom stereocenters. The van der Waals surface area contributed by atoms with Crippen LogP contribution in [-0.2, 0) is 17.1 Å². The smallest absolute Gasteiger partial charge is 0.244 e. The minimum absolute atomic E-state index is 0.132. The Hall–Kier alpha value is -0.850. The molecule has 0 saturated carbocycles. The van der Waals surface area contributed by atoms with Gasteiger partial charge in [0.05, 0.1) is 4.90 Å². The Morgan fingerprint density at radius 3 is 2.79 bits per heavy atom. The van der Waals surface area contributed by atoms with Crippen LogP contribution in [0.15, 0.2) is 23.4 Å². The molecule has 3 heterocycles. The molecular formula is C13H21N3O2S. The number of nitrogens with zero attached hydrogens (tertiary/aromatic N) is 2. The molecule has 0 radical (unpaired) electrons. The zero-order valence-electron chi connectivity index (χ0n) is 11.2. The molecule has 5 nitrogen and oxygen atoms in total. The van der Waals surface area contributed by atoms with E-state index in [1.54, 1.807) is 27.3 Å². The molecule has 3 rings (SSSR count). The highest BCUT2D eigenvalue weighted by atomic mass is 32.2. The maximum absolute atomic E-state index is 12.7. The summed E-state index contributed by atoms with van der Waals surface area (Å²) in [5.41, 5.74) is 0. The third kappa shape index (κ3) is 2.32. The number of rotatable bonds is 3. The van der Waals surface area contributed by atoms with Crippen molar-refractivity contribution in [2.75, 3.05) is 13.1 Å². The maximum Gasteiger partial charge on any atom is 0.244 e. The van der Waals surface area contributed by atoms with E-state index in [4.69, 9.17) is 0 Å². The van der Waals surface area contributed by atoms with Gasteiger partial charge in [-0.3, -0.25) is 0 Å². The lowest BCUT2D eigenvalue weighted by Gasteiger charge is -2.28. The average Bonchev–Trinajstić information content (AvgIpc) is 3.09. The summed E-state index contributed by atoms with van der Waals surface area (Å²) in [6.07, 6.45) is 7.66. The van der Waals surface area contributed by atoms with Crippen LogP contribution in [-0.4, -0.2) is 42.5 Å². The zero-order valence-corrected chi connectivity index (χ0v) is 12.1. The third-order valence-corrected chi connectivity index (χ3v) is 6.13. The van der Waals surface area contributed by atoms with E-state index < -0.39 is 10.0 Å². The Bertz CT molecular complexity index is 546. The number of sulfonamides is 1. The number of hydrogen-bond acceptors (Lipinski definition) is 3. The first kappa shape index (κ1) is 13.1. The minimum Gasteiger partial charge on any atom is -0.356 e. The highest BCUT2D eigenvalue weighted by molar-refractivity contribution is 7.89. The Morgan fingerprint density at radius 2 is 2.16 bits per heavy atom. The molecule has 6 heteroatoms. The average molecular weight is 283 g/mol. The summed E-state index contributed by atoms with van der Waals surface area (Å²) in [5, 5.41) is 3.45. The Labute approximate surface area is 114 Å². The highest BCUT2D eigenvalue weighted by Gasteiger charge is 2.40. The molecule has 0 spiro atoms. The van der Waals surface area contributed by atoms with Crippen LogP contribution >= 0.6 is 0 Å². The molecule has 2 aliphatic heterocycles. The standard InChI is InChI=1S/C13H21N3O2S/c1-15-9-6-11(10-15)19(17,18)16-8-3-5-13(16)12-4-2-7-14-12/h6,9-10,12-14H,2-5,7-8H2,1H3. The van der Waals surface area contributed by atoms with Crippen molar-refractivity contribution in [3.05, 3.63) is 18.5 Å². The van der Waals surface area contributed by atoms with Gasteiger partial charge >= 0.3 is 0 Å². The predicted molar refractivity (Wildman–Crippen MR) is 73.4 cm³/mol. The molecule has 0 aliphatic carbocycles. The third-order valence-electron chi connectivity index (χ3n) is 4.22. The second-order valence-electron chi connectivity index (χ2n) is 5.54. The van der Waals surface area contributed by atoms with Gasteiger partial charge in [0.2, 0.25) is 10.0 Å². The van der Waals surface area contributed by atoms with Gasteiger partial charge in [0.25, 0.3) is 0 Å². The van der Waals surface area contributed by atoms with Crippen LogP contribution in [0.2, 0.25) is 0 Å². The maximum atomic E-state index is 12.7. The van der Waals surface area contributed by atoms with Gasteiger partial charge < -0.3 is 9.88 Å². The minimum atomic E-state index is -3.33. The van der Waals surface area contributed by atoms with Crippen LogP contribution in [0.5, 0.6) is 0 Å². The van der Waals surface area contributed by atoms with Gasteiger partial charge in [0.1, 0.15) is 0 Å². The quantitative estimate of drug-likeness (QED) is 0.898. The molecule has 2 fully saturated rings. The van der Waals surface area contributed by atoms with Gasteiger partial charge in [-0.05, 0) is 38.3 Å². The van der Waals surface area contributed by atoms with E-state index in [9.17, 15) is 8.42 Å². The number of aromatic nitrogens is 1. The van der Waals surface area contributed by atoms with Crippen molar-refractivity contribution in [1.82, 2.24) is 14.2 Å². The lowest BCUT2D eigenvalue weighted by atomic mass is 10.1. The first-order valence-corrected chi connectivity index (χ1v) is 8.40. The van der Waals surface area contributed by atoms with Crippen LogP contribution in [0, 0.1) is 0 Å². The van der Waals surface area contributed by atoms with Crippen molar-refractivity contribution in [2.45, 2.75) is 42.7 Å². The molecule has 106 valence electrons. The van der Waals surface area contributed by atoms with Crippen molar-refractivity contribution in [2.24, 2.45) is 7.05 Å². The summed E-state index contributed by atoms with van der Waals surface area (Å²) in [7, 11) is -1.49. The summed E-state index contributed by atoms with van der Waals surface area (Å²) in [4.78, 5) is 0.417. The molecule has 1 aromatic heterocycles. The second-order valence-corrected chi connectivity index (χ2v) is 7.43. The topological polar surface area (TPSA) is 54.3 Å². The van der Waals surface area contributed by atoms with Gasteiger partial charge in [-0.15, -0.1) is 0 Å². The van der Waals surface area contributed by atoms with Gasteiger partial charge in [0, 0.05) is 38.1 Å². The van der Waals surface area contributed by atoms with Crippen LogP contribution in [0.3, 0.4) is 0 Å². The molecule has 2 unspecified atom stereocenters. The first-order valence-electron chi connectivity index (χ1n) is 6.96. The van der Waals surface area contributed by atoms with E-state index in [1.165, 1.54) is 0 Å². The molecule has 2 saturated heterocycles. The summed E-state index contributed by atoms with van der Waals surface area (Å²) in [5.74, 6) is 0. The van der Waals surface area contributed by atoms with E-state index in [2.05, 4.69) is 5.32 Å². The van der Waals surface area contributed by atoms with Crippen LogP contribution in [0.25, 0.3) is 0 Å². The highest BCUT2D eigenvalue weighted by Crippen LogP contribution is 2.30. The van der Waals surface area contributed by atoms with Crippen molar-refractivity contribution in [3.8, 4) is 0 Å². The first-order chi connectivity index (χ1) is 9.09. The van der Waals surface area contributed by atoms with Crippen molar-refractivity contribution in [3.63, 3.8) is 0 Å². The largest absolute Gasteiger partial charge is 0.356 e. The summed E-state index contributed by atoms with van der Waals surface area (Å²) >= 11 is 0. The van der Waals surface area contributed by atoms with E-state index in [0.29, 0.717) is 17.5 Å². The van der Waals surface area contributed by atoms with Crippen molar-refractivity contribution in [1.29, 1.82) is 0 Å². The number of nitrogens with one attached hydrogen (secondary N) is 1. The fraction of sp³-hybridized carbons (Fsp3) is 0.692. The second kappa shape index (κ2) is 4.92. The van der Waals surface area contributed by atoms with Gasteiger partial charge in [0.15, 0.2) is 0 Å². The molecule has 2 aliphatic rings. The lowest BCUT2D eigenvalue weighted by molar-refractivity contribution is 0.322. The zero-order chi connectivity index (χ0) is 13.5. The monoisotopic (exact) mass is 283 g/mol. The van der Waals surface area contributed by atoms with Crippen LogP contribution in [0.4, 0.5) is 0 Å². The number of aryl methyl sites for hydroxylation is 1. The molecule has 0 amide bonds.